The quantitative estimate of drug-likeness (QED) is 0.0751. The summed E-state index contributed by atoms with van der Waals surface area (Å²) in [6, 6.07) is 2.78. The SMILES string of the molecule is C1CCCC1.C1CCCC1.[CH2-]C.[CH2-]C.[CH2-]CCOP(OCCC#N)N(C(C)C)C(C)C.[CH2-]CN(CC1CCCC1)CC1CCCC1.[CH3-].[CH3-].[Fe+2].[Fe+2].[W+2]. The van der Waals surface area contributed by atoms with E-state index in [1.165, 1.54) is 129 Å². The third-order valence-corrected chi connectivity index (χ3v) is 10.9. The molecule has 0 spiro atoms. The Balaban J connectivity index is -0.000000103. The van der Waals surface area contributed by atoms with Gasteiger partial charge in [-0.2, -0.15) is 25.5 Å². The molecule has 0 aliphatic heterocycles. The van der Waals surface area contributed by atoms with Crippen LogP contribution in [0.4, 0.5) is 0 Å². The molecular formula is C42H86Fe2N3O2PW. The van der Waals surface area contributed by atoms with E-state index in [1.54, 1.807) is 13.8 Å². The monoisotopic (exact) mass is 991 g/mol. The van der Waals surface area contributed by atoms with Crippen molar-refractivity contribution in [3.63, 3.8) is 0 Å². The average molecular weight is 992 g/mol. The molecule has 0 saturated heterocycles. The summed E-state index contributed by atoms with van der Waals surface area (Å²) in [4.78, 5) is 2.62. The smallest absolute Gasteiger partial charge is 0.358 e. The first-order valence-electron chi connectivity index (χ1n) is 19.4. The Labute approximate surface area is 360 Å². The van der Waals surface area contributed by atoms with Crippen LogP contribution in [0.1, 0.15) is 170 Å². The molecule has 0 N–H and O–H groups in total. The van der Waals surface area contributed by atoms with Gasteiger partial charge in [-0.15, -0.1) is 6.54 Å². The molecule has 4 fully saturated rings. The van der Waals surface area contributed by atoms with Crippen LogP contribution in [0.3, 0.4) is 0 Å². The molecule has 51 heavy (non-hydrogen) atoms. The van der Waals surface area contributed by atoms with Crippen LogP contribution in [0.25, 0.3) is 0 Å². The van der Waals surface area contributed by atoms with Crippen molar-refractivity contribution >= 4 is 8.53 Å². The molecule has 0 bridgehead atoms. The first kappa shape index (κ1) is 67.2. The van der Waals surface area contributed by atoms with Gasteiger partial charge in [-0.1, -0.05) is 89.9 Å². The maximum atomic E-state index is 8.52. The fourth-order valence-corrected chi connectivity index (χ4v) is 8.23. The van der Waals surface area contributed by atoms with Crippen molar-refractivity contribution in [1.29, 1.82) is 5.26 Å². The van der Waals surface area contributed by atoms with Crippen LogP contribution < -0.4 is 0 Å². The summed E-state index contributed by atoms with van der Waals surface area (Å²) in [6.07, 6.45) is 27.9. The topological polar surface area (TPSA) is 48.7 Å². The van der Waals surface area contributed by atoms with E-state index in [4.69, 9.17) is 14.3 Å². The average Bonchev–Trinajstić information content (AvgIpc) is 3.92. The van der Waals surface area contributed by atoms with Crippen LogP contribution in [0.2, 0.25) is 0 Å². The second-order valence-corrected chi connectivity index (χ2v) is 14.8. The zero-order valence-corrected chi connectivity index (χ0v) is 41.1. The Hall–Kier alpha value is 1.49. The standard InChI is InChI=1S/C14H26N.C12H24N2O2P.2C5H10.2C2H5.2CH3.2Fe.W/c1-2-15(11-13-7-3-4-8-13)12-14-9-5-6-10-14;1-6-9-15-17(16-10-7-8-13)14(11(2)3)12(4)5;2*1-2-4-5-3-1;2*1-2;;;;;/h13-14H,1-12H2;11-12H,1,6-7,9-10H2,2-5H3;2*1-5H2;2*1H2,2H3;2*1H3;;;/q2*-1;;;4*-1;3*+2. The number of hydrogen-bond acceptors (Lipinski definition) is 5. The predicted molar refractivity (Wildman–Crippen MR) is 218 cm³/mol. The molecule has 9 heteroatoms. The Morgan fingerprint density at radius 1 is 0.627 bits per heavy atom. The Kier molecular flexibility index (Phi) is 67.9. The van der Waals surface area contributed by atoms with Crippen LogP contribution >= 0.6 is 8.53 Å². The van der Waals surface area contributed by atoms with Crippen molar-refractivity contribution in [3.8, 4) is 6.07 Å². The second-order valence-electron chi connectivity index (χ2n) is 13.3. The second kappa shape index (κ2) is 51.5. The minimum atomic E-state index is -1.08. The molecule has 0 amide bonds. The Bertz CT molecular complexity index is 591. The van der Waals surface area contributed by atoms with Crippen molar-refractivity contribution in [3.05, 3.63) is 42.5 Å². The molecule has 4 aliphatic rings. The van der Waals surface area contributed by atoms with Crippen LogP contribution in [0.15, 0.2) is 0 Å². The first-order chi connectivity index (χ1) is 22.4. The van der Waals surface area contributed by atoms with E-state index in [2.05, 4.69) is 71.0 Å². The molecule has 5 nitrogen and oxygen atoms in total. The van der Waals surface area contributed by atoms with Gasteiger partial charge in [0.2, 0.25) is 0 Å². The van der Waals surface area contributed by atoms with Gasteiger partial charge in [-0.3, -0.25) is 0 Å². The molecule has 0 aromatic heterocycles. The maximum Gasteiger partial charge on any atom is 2.00 e. The van der Waals surface area contributed by atoms with Gasteiger partial charge in [-0.25, -0.2) is 4.67 Å². The molecule has 308 valence electrons. The zero-order valence-electron chi connectivity index (χ0n) is 35.0. The number of nitrogens with zero attached hydrogens (tertiary/aromatic N) is 3. The van der Waals surface area contributed by atoms with Gasteiger partial charge in [0.15, 0.2) is 0 Å². The van der Waals surface area contributed by atoms with Crippen LogP contribution in [0, 0.1) is 65.7 Å². The molecule has 4 rings (SSSR count). The molecule has 4 aliphatic carbocycles. The summed E-state index contributed by atoms with van der Waals surface area (Å²) in [5, 5.41) is 8.52. The summed E-state index contributed by atoms with van der Waals surface area (Å²) >= 11 is 0. The van der Waals surface area contributed by atoms with E-state index in [1.807, 2.05) is 0 Å². The van der Waals surface area contributed by atoms with E-state index in [9.17, 15) is 0 Å². The molecule has 0 aromatic carbocycles. The minimum Gasteiger partial charge on any atom is -0.358 e. The Morgan fingerprint density at radius 3 is 1.20 bits per heavy atom. The van der Waals surface area contributed by atoms with E-state index < -0.39 is 8.53 Å². The summed E-state index contributed by atoms with van der Waals surface area (Å²) < 4.78 is 13.6. The molecule has 0 aromatic rings. The number of hydrogen-bond donors (Lipinski definition) is 0. The number of nitriles is 1. The molecule has 0 heterocycles. The zero-order chi connectivity index (χ0) is 34.8. The van der Waals surface area contributed by atoms with Gasteiger partial charge in [0.05, 0.1) is 19.1 Å². The van der Waals surface area contributed by atoms with E-state index in [0.717, 1.165) is 24.8 Å². The van der Waals surface area contributed by atoms with Crippen molar-refractivity contribution in [2.75, 3.05) is 32.8 Å². The fourth-order valence-electron chi connectivity index (χ4n) is 6.60. The number of rotatable bonds is 14. The normalized spacial score (nSPS) is 16.6. The summed E-state index contributed by atoms with van der Waals surface area (Å²) in [5.41, 5.74) is 0. The van der Waals surface area contributed by atoms with Gasteiger partial charge in [0.1, 0.15) is 0 Å². The molecule has 1 atom stereocenters. The predicted octanol–water partition coefficient (Wildman–Crippen LogP) is 13.5. The Morgan fingerprint density at radius 2 is 0.941 bits per heavy atom. The summed E-state index contributed by atoms with van der Waals surface area (Å²) in [5.74, 6) is 1.99. The molecule has 1 unspecified atom stereocenters. The summed E-state index contributed by atoms with van der Waals surface area (Å²) in [6.45, 7) is 31.0. The van der Waals surface area contributed by atoms with E-state index in [-0.39, 0.29) is 70.1 Å². The van der Waals surface area contributed by atoms with Gasteiger partial charge >= 0.3 is 55.2 Å². The van der Waals surface area contributed by atoms with Crippen LogP contribution in [-0.2, 0) is 64.3 Å². The fraction of sp³-hybridized carbons (Fsp3) is 0.833. The third-order valence-electron chi connectivity index (χ3n) is 8.81. The molecular weight excluding hydrogens is 905 g/mol. The van der Waals surface area contributed by atoms with Crippen molar-refractivity contribution in [2.45, 2.75) is 182 Å². The molecule has 0 radical (unpaired) electrons. The van der Waals surface area contributed by atoms with Gasteiger partial charge in [-0.05, 0) is 78.3 Å². The van der Waals surface area contributed by atoms with Gasteiger partial charge in [0, 0.05) is 18.7 Å². The van der Waals surface area contributed by atoms with Crippen LogP contribution in [-0.4, -0.2) is 54.5 Å². The minimum absolute atomic E-state index is 0. The maximum absolute atomic E-state index is 8.52. The summed E-state index contributed by atoms with van der Waals surface area (Å²) in [7, 11) is -1.08. The van der Waals surface area contributed by atoms with Gasteiger partial charge in [0.25, 0.3) is 8.53 Å². The first-order valence-corrected chi connectivity index (χ1v) is 20.5. The van der Waals surface area contributed by atoms with E-state index in [0.29, 0.717) is 31.7 Å². The van der Waals surface area contributed by atoms with Crippen LogP contribution in [0.5, 0.6) is 0 Å². The van der Waals surface area contributed by atoms with Crippen molar-refractivity contribution in [2.24, 2.45) is 11.8 Å². The van der Waals surface area contributed by atoms with E-state index >= 15 is 0 Å². The van der Waals surface area contributed by atoms with Crippen molar-refractivity contribution < 1.29 is 64.3 Å². The third kappa shape index (κ3) is 39.5. The van der Waals surface area contributed by atoms with Gasteiger partial charge < -0.3 is 56.5 Å². The molecule has 4 saturated carbocycles. The largest absolute Gasteiger partial charge is 2.00 e. The van der Waals surface area contributed by atoms with Crippen molar-refractivity contribution in [1.82, 2.24) is 9.57 Å².